The fraction of sp³-hybridized carbons (Fsp3) is 0.316. The maximum atomic E-state index is 11.7. The Morgan fingerprint density at radius 1 is 0.930 bits per heavy atom. The molecule has 0 spiro atoms. The van der Waals surface area contributed by atoms with Crippen LogP contribution in [-0.4, -0.2) is 15.9 Å². The molecule has 0 atom stereocenters. The topological polar surface area (TPSA) is 63.3 Å². The molecule has 2 heterocycles. The second kappa shape index (κ2) is 13.8. The Morgan fingerprint density at radius 3 is 2.33 bits per heavy atom. The third-order valence-electron chi connectivity index (χ3n) is 8.50. The number of allylic oxidation sites excluding steroid dienone is 2. The van der Waals surface area contributed by atoms with Gasteiger partial charge in [0.15, 0.2) is 5.78 Å². The van der Waals surface area contributed by atoms with Gasteiger partial charge in [-0.15, -0.1) is 34.9 Å². The van der Waals surface area contributed by atoms with Gasteiger partial charge in [-0.2, -0.15) is 0 Å². The first-order valence-electron chi connectivity index (χ1n) is 15.2. The van der Waals surface area contributed by atoms with Crippen molar-refractivity contribution in [3.05, 3.63) is 88.8 Å². The SMILES string of the molecule is CCC(CC)C(=O)/C=C(\O)C(CC)CC.Cc1[c-]c(-c2nccc3c2oc2c4c5c(cccc5cc23)C=C4)cc(C)c1.[Ir]. The number of aliphatic hydroxyl groups is 1. The molecule has 0 unspecified atom stereocenters. The van der Waals surface area contributed by atoms with Gasteiger partial charge in [0.2, 0.25) is 0 Å². The van der Waals surface area contributed by atoms with Gasteiger partial charge in [0.25, 0.3) is 0 Å². The minimum atomic E-state index is 0. The fourth-order valence-corrected chi connectivity index (χ4v) is 6.14. The van der Waals surface area contributed by atoms with Gasteiger partial charge in [-0.1, -0.05) is 65.8 Å². The molecular formula is C38H40IrNO3-. The van der Waals surface area contributed by atoms with E-state index in [0.29, 0.717) is 0 Å². The number of pyridine rings is 1. The standard InChI is InChI=1S/C25H16NO.C13H24O2.Ir/c1-14-10-15(2)12-18(11-14)23-25-19(8-9-26-23)21-13-17-5-3-4-16-6-7-20(22(16)17)24(21)27-25;1-5-10(6-2)12(14)9-13(15)11(7-3)8-4;/h3-11,13H,1-2H3;9-11,14H,5-8H2,1-4H3;/q-1;;/b;12-9-;. The third kappa shape index (κ3) is 6.39. The van der Waals surface area contributed by atoms with Crippen molar-refractivity contribution in [3.63, 3.8) is 0 Å². The Morgan fingerprint density at radius 2 is 1.65 bits per heavy atom. The van der Waals surface area contributed by atoms with Crippen molar-refractivity contribution in [2.75, 3.05) is 0 Å². The summed E-state index contributed by atoms with van der Waals surface area (Å²) in [7, 11) is 0. The van der Waals surface area contributed by atoms with Crippen molar-refractivity contribution >= 4 is 50.6 Å². The number of nitrogens with zero attached hydrogens (tertiary/aromatic N) is 1. The molecule has 5 heteroatoms. The molecule has 0 aliphatic heterocycles. The number of hydrogen-bond acceptors (Lipinski definition) is 4. The van der Waals surface area contributed by atoms with E-state index in [4.69, 9.17) is 4.42 Å². The summed E-state index contributed by atoms with van der Waals surface area (Å²) in [6, 6.07) is 18.4. The van der Waals surface area contributed by atoms with E-state index in [1.807, 2.05) is 40.0 Å². The van der Waals surface area contributed by atoms with Crippen LogP contribution in [0.1, 0.15) is 75.6 Å². The molecule has 1 aliphatic rings. The predicted molar refractivity (Wildman–Crippen MR) is 176 cm³/mol. The Labute approximate surface area is 268 Å². The molecule has 0 saturated carbocycles. The molecule has 225 valence electrons. The van der Waals surface area contributed by atoms with Crippen molar-refractivity contribution in [2.24, 2.45) is 11.8 Å². The molecule has 1 radical (unpaired) electrons. The maximum absolute atomic E-state index is 11.7. The van der Waals surface area contributed by atoms with Crippen molar-refractivity contribution < 1.29 is 34.4 Å². The van der Waals surface area contributed by atoms with Crippen LogP contribution in [0.25, 0.3) is 56.1 Å². The van der Waals surface area contributed by atoms with E-state index in [-0.39, 0.29) is 43.5 Å². The summed E-state index contributed by atoms with van der Waals surface area (Å²) in [5.74, 6) is 0.547. The molecule has 0 saturated heterocycles. The van der Waals surface area contributed by atoms with Gasteiger partial charge in [-0.3, -0.25) is 4.79 Å². The zero-order chi connectivity index (χ0) is 30.0. The molecule has 0 fully saturated rings. The fourth-order valence-electron chi connectivity index (χ4n) is 6.14. The molecule has 5 aromatic rings. The molecular weight excluding hydrogens is 711 g/mol. The number of aryl methyl sites for hydroxylation is 2. The van der Waals surface area contributed by atoms with E-state index < -0.39 is 0 Å². The van der Waals surface area contributed by atoms with Gasteiger partial charge in [0.05, 0.1) is 5.76 Å². The number of aromatic nitrogens is 1. The van der Waals surface area contributed by atoms with E-state index in [1.54, 1.807) is 0 Å². The summed E-state index contributed by atoms with van der Waals surface area (Å²) in [6.07, 6.45) is 11.1. The first kappa shape index (κ1) is 32.4. The summed E-state index contributed by atoms with van der Waals surface area (Å²) in [6.45, 7) is 12.2. The molecule has 2 aromatic heterocycles. The third-order valence-corrected chi connectivity index (χ3v) is 8.50. The number of rotatable bonds is 8. The van der Waals surface area contributed by atoms with Gasteiger partial charge in [0, 0.05) is 66.2 Å². The van der Waals surface area contributed by atoms with Crippen molar-refractivity contribution in [1.82, 2.24) is 4.98 Å². The van der Waals surface area contributed by atoms with Crippen LogP contribution in [0.5, 0.6) is 0 Å². The van der Waals surface area contributed by atoms with E-state index in [9.17, 15) is 9.90 Å². The number of ketones is 1. The predicted octanol–water partition coefficient (Wildman–Crippen LogP) is 10.6. The van der Waals surface area contributed by atoms with Crippen LogP contribution in [0.15, 0.2) is 64.9 Å². The van der Waals surface area contributed by atoms with Crippen molar-refractivity contribution in [1.29, 1.82) is 0 Å². The minimum absolute atomic E-state index is 0. The van der Waals surface area contributed by atoms with E-state index >= 15 is 0 Å². The first-order chi connectivity index (χ1) is 20.3. The number of furan rings is 1. The molecule has 43 heavy (non-hydrogen) atoms. The molecule has 6 rings (SSSR count). The molecule has 0 bridgehead atoms. The Balaban J connectivity index is 0.000000230. The Hall–Kier alpha value is -3.53. The molecule has 1 N–H and O–H groups in total. The van der Waals surface area contributed by atoms with Gasteiger partial charge >= 0.3 is 0 Å². The van der Waals surface area contributed by atoms with Gasteiger partial charge in [-0.05, 0) is 60.2 Å². The summed E-state index contributed by atoms with van der Waals surface area (Å²) >= 11 is 0. The summed E-state index contributed by atoms with van der Waals surface area (Å²) in [5, 5.41) is 14.5. The Bertz CT molecular complexity index is 1820. The minimum Gasteiger partial charge on any atom is -0.512 e. The van der Waals surface area contributed by atoms with Crippen molar-refractivity contribution in [3.8, 4) is 11.3 Å². The van der Waals surface area contributed by atoms with E-state index in [2.05, 4.69) is 73.4 Å². The number of hydrogen-bond donors (Lipinski definition) is 1. The average molecular weight is 751 g/mol. The summed E-state index contributed by atoms with van der Waals surface area (Å²) in [5.41, 5.74) is 8.35. The first-order valence-corrected chi connectivity index (χ1v) is 15.2. The average Bonchev–Trinajstić information content (AvgIpc) is 3.57. The normalized spacial score (nSPS) is 12.3. The van der Waals surface area contributed by atoms with E-state index in [1.165, 1.54) is 33.5 Å². The van der Waals surface area contributed by atoms with Gasteiger partial charge < -0.3 is 14.5 Å². The van der Waals surface area contributed by atoms with Crippen LogP contribution in [-0.2, 0) is 24.9 Å². The summed E-state index contributed by atoms with van der Waals surface area (Å²) in [4.78, 5) is 16.4. The number of carbonyl (C=O) groups is 1. The van der Waals surface area contributed by atoms with Crippen LogP contribution in [0.3, 0.4) is 0 Å². The Kier molecular flexibility index (Phi) is 10.4. The zero-order valence-corrected chi connectivity index (χ0v) is 28.3. The maximum Gasteiger partial charge on any atom is 0.162 e. The second-order valence-corrected chi connectivity index (χ2v) is 11.3. The smallest absolute Gasteiger partial charge is 0.162 e. The van der Waals surface area contributed by atoms with Gasteiger partial charge in [-0.25, -0.2) is 0 Å². The number of fused-ring (bicyclic) bond motifs is 4. The summed E-state index contributed by atoms with van der Waals surface area (Å²) < 4.78 is 6.45. The number of aliphatic hydroxyl groups excluding tert-OH is 1. The van der Waals surface area contributed by atoms with Crippen LogP contribution < -0.4 is 0 Å². The van der Waals surface area contributed by atoms with Crippen LogP contribution in [0, 0.1) is 31.7 Å². The van der Waals surface area contributed by atoms with Crippen LogP contribution in [0.2, 0.25) is 0 Å². The van der Waals surface area contributed by atoms with Crippen LogP contribution >= 0.6 is 0 Å². The largest absolute Gasteiger partial charge is 0.512 e. The van der Waals surface area contributed by atoms with Gasteiger partial charge in [0.1, 0.15) is 11.2 Å². The quantitative estimate of drug-likeness (QED) is 0.0956. The molecule has 1 aliphatic carbocycles. The molecule has 0 amide bonds. The number of benzene rings is 3. The van der Waals surface area contributed by atoms with Crippen LogP contribution in [0.4, 0.5) is 0 Å². The van der Waals surface area contributed by atoms with Crippen molar-refractivity contribution in [2.45, 2.75) is 67.2 Å². The zero-order valence-electron chi connectivity index (χ0n) is 25.9. The number of carbonyl (C=O) groups excluding carboxylic acids is 1. The molecule has 4 nitrogen and oxygen atoms in total. The molecule has 3 aromatic carbocycles. The van der Waals surface area contributed by atoms with E-state index in [0.717, 1.165) is 64.4 Å². The second-order valence-electron chi connectivity index (χ2n) is 11.3. The monoisotopic (exact) mass is 751 g/mol.